The Hall–Kier alpha value is -3.71. The van der Waals surface area contributed by atoms with Gasteiger partial charge in [-0.15, -0.1) is 0 Å². The number of halogens is 5. The summed E-state index contributed by atoms with van der Waals surface area (Å²) in [5.74, 6) is -4.36. The van der Waals surface area contributed by atoms with Crippen molar-refractivity contribution in [1.29, 1.82) is 0 Å². The largest absolute Gasteiger partial charge is 0.490 e. The molecule has 3 aromatic rings. The zero-order valence-corrected chi connectivity index (χ0v) is 25.1. The zero-order valence-electron chi connectivity index (χ0n) is 24.4. The maximum atomic E-state index is 15.7. The van der Waals surface area contributed by atoms with Crippen LogP contribution in [-0.2, 0) is 9.53 Å². The molecule has 3 aromatic carbocycles. The second kappa shape index (κ2) is 16.4. The Kier molecular flexibility index (Phi) is 13.6. The van der Waals surface area contributed by atoms with Crippen molar-refractivity contribution >= 4 is 23.5 Å². The molecule has 0 bridgehead atoms. The summed E-state index contributed by atoms with van der Waals surface area (Å²) in [5, 5.41) is 20.9. The van der Waals surface area contributed by atoms with Gasteiger partial charge < -0.3 is 30.7 Å². The Morgan fingerprint density at radius 1 is 1.02 bits per heavy atom. The first-order chi connectivity index (χ1) is 20.6. The lowest BCUT2D eigenvalue weighted by molar-refractivity contribution is -0.192. The van der Waals surface area contributed by atoms with Crippen LogP contribution in [-0.4, -0.2) is 67.3 Å². The molecule has 0 saturated carbocycles. The summed E-state index contributed by atoms with van der Waals surface area (Å²) in [5.41, 5.74) is 7.12. The van der Waals surface area contributed by atoms with Crippen LogP contribution in [0, 0.1) is 5.82 Å². The molecule has 13 heteroatoms. The van der Waals surface area contributed by atoms with Gasteiger partial charge in [-0.25, -0.2) is 9.18 Å². The summed E-state index contributed by atoms with van der Waals surface area (Å²) in [6.07, 6.45) is -4.50. The van der Waals surface area contributed by atoms with Gasteiger partial charge >= 0.3 is 12.1 Å². The number of carbonyl (C=O) groups excluding carboxylic acids is 1. The summed E-state index contributed by atoms with van der Waals surface area (Å²) in [6.45, 7) is 5.16. The second-order valence-electron chi connectivity index (χ2n) is 10.3. The highest BCUT2D eigenvalue weighted by molar-refractivity contribution is 6.33. The van der Waals surface area contributed by atoms with Gasteiger partial charge in [0.15, 0.2) is 11.6 Å². The van der Waals surface area contributed by atoms with Gasteiger partial charge in [-0.3, -0.25) is 4.79 Å². The fraction of sp³-hybridized carbons (Fsp3) is 0.355. The van der Waals surface area contributed by atoms with E-state index in [0.29, 0.717) is 25.1 Å². The summed E-state index contributed by atoms with van der Waals surface area (Å²) in [6, 6.07) is 18.1. The van der Waals surface area contributed by atoms with Crippen LogP contribution < -0.4 is 15.8 Å². The van der Waals surface area contributed by atoms with E-state index in [-0.39, 0.29) is 41.0 Å². The molecule has 0 heterocycles. The maximum Gasteiger partial charge on any atom is 0.490 e. The number of nitrogens with two attached hydrogens (primary N) is 1. The van der Waals surface area contributed by atoms with Crippen molar-refractivity contribution in [3.05, 3.63) is 88.2 Å². The van der Waals surface area contributed by atoms with Gasteiger partial charge in [0, 0.05) is 35.7 Å². The van der Waals surface area contributed by atoms with E-state index in [0.717, 1.165) is 11.1 Å². The number of alkyl halides is 3. The molecule has 0 aromatic heterocycles. The van der Waals surface area contributed by atoms with E-state index in [2.05, 4.69) is 5.32 Å². The van der Waals surface area contributed by atoms with Crippen LogP contribution in [0.15, 0.2) is 60.7 Å². The molecular formula is C31H35ClF4N2O6. The Bertz CT molecular complexity index is 1400. The molecule has 0 spiro atoms. The number of hydrogen-bond donors (Lipinski definition) is 4. The average Bonchev–Trinajstić information content (AvgIpc) is 2.94. The number of amides is 1. The van der Waals surface area contributed by atoms with Crippen LogP contribution in [0.1, 0.15) is 47.7 Å². The Balaban J connectivity index is 0.000000860. The third kappa shape index (κ3) is 11.1. The average molecular weight is 643 g/mol. The molecule has 0 aliphatic heterocycles. The fourth-order valence-corrected chi connectivity index (χ4v) is 4.29. The molecule has 0 fully saturated rings. The molecule has 0 saturated heterocycles. The minimum absolute atomic E-state index is 0.00364. The molecule has 240 valence electrons. The molecule has 1 atom stereocenters. The normalized spacial score (nSPS) is 12.2. The topological polar surface area (TPSA) is 131 Å². The number of nitrogens with one attached hydrogen (secondary N) is 1. The third-order valence-electron chi connectivity index (χ3n) is 6.29. The molecule has 8 nitrogen and oxygen atoms in total. The molecule has 0 radical (unpaired) electrons. The van der Waals surface area contributed by atoms with E-state index < -0.39 is 29.5 Å². The van der Waals surface area contributed by atoms with Crippen molar-refractivity contribution in [2.24, 2.45) is 5.73 Å². The van der Waals surface area contributed by atoms with Crippen molar-refractivity contribution in [2.45, 2.75) is 38.0 Å². The Morgan fingerprint density at radius 2 is 1.66 bits per heavy atom. The number of hydrogen-bond acceptors (Lipinski definition) is 6. The highest BCUT2D eigenvalue weighted by atomic mass is 35.5. The molecule has 5 N–H and O–H groups in total. The molecule has 0 aliphatic carbocycles. The smallest absolute Gasteiger partial charge is 0.488 e. The van der Waals surface area contributed by atoms with E-state index in [1.165, 1.54) is 19.2 Å². The van der Waals surface area contributed by atoms with Gasteiger partial charge in [0.05, 0.1) is 17.8 Å². The predicted octanol–water partition coefficient (Wildman–Crippen LogP) is 5.79. The van der Waals surface area contributed by atoms with E-state index in [9.17, 15) is 23.1 Å². The van der Waals surface area contributed by atoms with Crippen molar-refractivity contribution < 1.29 is 46.8 Å². The first kappa shape index (κ1) is 36.5. The van der Waals surface area contributed by atoms with E-state index in [1.807, 2.05) is 36.4 Å². The third-order valence-corrected chi connectivity index (χ3v) is 6.62. The number of rotatable bonds is 13. The fourth-order valence-electron chi connectivity index (χ4n) is 4.08. The quantitative estimate of drug-likeness (QED) is 0.137. The molecule has 3 rings (SSSR count). The minimum Gasteiger partial charge on any atom is -0.488 e. The predicted molar refractivity (Wildman–Crippen MR) is 158 cm³/mol. The number of carboxylic acid groups (broad SMARTS) is 1. The highest BCUT2D eigenvalue weighted by Gasteiger charge is 2.38. The molecule has 0 aliphatic rings. The van der Waals surface area contributed by atoms with Crippen LogP contribution in [0.4, 0.5) is 17.6 Å². The Labute approximate surface area is 257 Å². The molecule has 44 heavy (non-hydrogen) atoms. The number of primary amides is 1. The minimum atomic E-state index is -5.08. The van der Waals surface area contributed by atoms with Gasteiger partial charge in [0.25, 0.3) is 0 Å². The summed E-state index contributed by atoms with van der Waals surface area (Å²) >= 11 is 6.56. The number of aliphatic hydroxyl groups is 1. The number of aliphatic carboxylic acids is 1. The van der Waals surface area contributed by atoms with Crippen molar-refractivity contribution in [3.63, 3.8) is 0 Å². The summed E-state index contributed by atoms with van der Waals surface area (Å²) in [4.78, 5) is 21.1. The van der Waals surface area contributed by atoms with Crippen LogP contribution in [0.25, 0.3) is 11.1 Å². The Morgan fingerprint density at radius 3 is 2.20 bits per heavy atom. The SMILES string of the molecule is COCCOc1ccc(C(N)=O)c(-c2cc(C(CNCCC(C)(C)O)c3ccccc3)ccc2Cl)c1F.O=C(O)C(F)(F)F. The molecule has 1 unspecified atom stereocenters. The number of benzene rings is 3. The van der Waals surface area contributed by atoms with Crippen molar-refractivity contribution in [3.8, 4) is 16.9 Å². The lowest BCUT2D eigenvalue weighted by Gasteiger charge is -2.22. The lowest BCUT2D eigenvalue weighted by atomic mass is 9.88. The van der Waals surface area contributed by atoms with Crippen LogP contribution >= 0.6 is 11.6 Å². The van der Waals surface area contributed by atoms with Gasteiger partial charge in [0.1, 0.15) is 6.61 Å². The maximum absolute atomic E-state index is 15.7. The van der Waals surface area contributed by atoms with Gasteiger partial charge in [-0.1, -0.05) is 48.0 Å². The van der Waals surface area contributed by atoms with Gasteiger partial charge in [-0.05, 0) is 62.2 Å². The summed E-state index contributed by atoms with van der Waals surface area (Å²) < 4.78 is 58.0. The van der Waals surface area contributed by atoms with Crippen LogP contribution in [0.5, 0.6) is 5.75 Å². The van der Waals surface area contributed by atoms with Crippen LogP contribution in [0.2, 0.25) is 5.02 Å². The number of ether oxygens (including phenoxy) is 2. The van der Waals surface area contributed by atoms with E-state index >= 15 is 4.39 Å². The molecular weight excluding hydrogens is 608 g/mol. The number of carboxylic acids is 1. The van der Waals surface area contributed by atoms with Gasteiger partial charge in [0.2, 0.25) is 5.91 Å². The van der Waals surface area contributed by atoms with Crippen LogP contribution in [0.3, 0.4) is 0 Å². The second-order valence-corrected chi connectivity index (χ2v) is 10.7. The number of carbonyl (C=O) groups is 2. The first-order valence-corrected chi connectivity index (χ1v) is 13.8. The first-order valence-electron chi connectivity index (χ1n) is 13.4. The zero-order chi connectivity index (χ0) is 33.1. The summed E-state index contributed by atoms with van der Waals surface area (Å²) in [7, 11) is 1.52. The van der Waals surface area contributed by atoms with Gasteiger partial charge in [-0.2, -0.15) is 13.2 Å². The highest BCUT2D eigenvalue weighted by Crippen LogP contribution is 2.39. The molecule has 1 amide bonds. The van der Waals surface area contributed by atoms with E-state index in [1.54, 1.807) is 26.0 Å². The van der Waals surface area contributed by atoms with Crippen molar-refractivity contribution in [1.82, 2.24) is 5.32 Å². The monoisotopic (exact) mass is 642 g/mol. The standard InChI is InChI=1S/C29H34ClFN2O4.C2HF3O2/c1-29(2,35)13-14-33-18-23(19-7-5-4-6-8-19)20-9-11-24(30)22(17-20)26-21(28(32)34)10-12-25(27(26)31)37-16-15-36-3;3-2(4,5)1(6)7/h4-12,17,23,33,35H,13-16,18H2,1-3H3,(H2,32,34);(H,6,7). The lowest BCUT2D eigenvalue weighted by Crippen LogP contribution is -2.29. The van der Waals surface area contributed by atoms with E-state index in [4.69, 9.17) is 36.7 Å². The number of methoxy groups -OCH3 is 1. The van der Waals surface area contributed by atoms with Crippen molar-refractivity contribution in [2.75, 3.05) is 33.4 Å².